The third-order valence-corrected chi connectivity index (χ3v) is 2.20. The Hall–Kier alpha value is -1.40. The lowest BCUT2D eigenvalue weighted by molar-refractivity contribution is 0.141. The summed E-state index contributed by atoms with van der Waals surface area (Å²) >= 11 is 5.42. The fourth-order valence-corrected chi connectivity index (χ4v) is 1.23. The molecule has 4 nitrogen and oxygen atoms in total. The van der Waals surface area contributed by atoms with Gasteiger partial charge in [0.2, 0.25) is 0 Å². The Balaban J connectivity index is 2.90. The average Bonchev–Trinajstić information content (AvgIpc) is 2.32. The largest absolute Gasteiger partial charge is 0.485 e. The summed E-state index contributed by atoms with van der Waals surface area (Å²) in [4.78, 5) is 3.74. The summed E-state index contributed by atoms with van der Waals surface area (Å²) in [5.41, 5.74) is 5.41. The van der Waals surface area contributed by atoms with Crippen molar-refractivity contribution in [1.82, 2.24) is 0 Å². The molecule has 2 N–H and O–H groups in total. The van der Waals surface area contributed by atoms with Gasteiger partial charge in [0.25, 0.3) is 0 Å². The molecule has 1 rings (SSSR count). The van der Waals surface area contributed by atoms with Crippen LogP contribution < -0.4 is 10.5 Å². The molecular formula is C11H13ClF2N2O2. The summed E-state index contributed by atoms with van der Waals surface area (Å²) in [6.45, 7) is 0.286. The molecule has 0 spiro atoms. The summed E-state index contributed by atoms with van der Waals surface area (Å²) in [7, 11) is 1.46. The van der Waals surface area contributed by atoms with Crippen LogP contribution in [0.25, 0.3) is 0 Å². The molecule has 0 radical (unpaired) electrons. The van der Waals surface area contributed by atoms with Crippen molar-refractivity contribution < 1.29 is 18.3 Å². The van der Waals surface area contributed by atoms with E-state index in [0.29, 0.717) is 0 Å². The average molecular weight is 279 g/mol. The van der Waals surface area contributed by atoms with Crippen LogP contribution in [0.1, 0.15) is 0 Å². The second kappa shape index (κ2) is 7.13. The minimum Gasteiger partial charge on any atom is -0.485 e. The highest BCUT2D eigenvalue weighted by Gasteiger charge is 2.12. The highest BCUT2D eigenvalue weighted by Crippen LogP contribution is 2.27. The van der Waals surface area contributed by atoms with Crippen LogP contribution in [0.3, 0.4) is 0 Å². The van der Waals surface area contributed by atoms with Crippen LogP contribution in [0, 0.1) is 11.6 Å². The molecule has 0 aliphatic rings. The molecule has 0 aromatic heterocycles. The summed E-state index contributed by atoms with van der Waals surface area (Å²) in [6, 6.07) is 2.04. The van der Waals surface area contributed by atoms with Crippen LogP contribution in [0.4, 0.5) is 14.5 Å². The first kappa shape index (κ1) is 14.7. The van der Waals surface area contributed by atoms with E-state index < -0.39 is 17.4 Å². The first-order valence-corrected chi connectivity index (χ1v) is 5.61. The van der Waals surface area contributed by atoms with Gasteiger partial charge in [0, 0.05) is 19.2 Å². The molecule has 0 bridgehead atoms. The molecule has 0 unspecified atom stereocenters. The number of methoxy groups -OCH3 is 1. The lowest BCUT2D eigenvalue weighted by Gasteiger charge is -2.08. The molecule has 18 heavy (non-hydrogen) atoms. The number of ether oxygens (including phenoxy) is 2. The Morgan fingerprint density at radius 3 is 2.44 bits per heavy atom. The molecule has 0 heterocycles. The van der Waals surface area contributed by atoms with Gasteiger partial charge in [-0.1, -0.05) is 0 Å². The molecule has 0 saturated heterocycles. The van der Waals surface area contributed by atoms with Gasteiger partial charge in [-0.3, -0.25) is 0 Å². The van der Waals surface area contributed by atoms with Crippen molar-refractivity contribution in [2.45, 2.75) is 0 Å². The van der Waals surface area contributed by atoms with Gasteiger partial charge in [0.15, 0.2) is 17.4 Å². The van der Waals surface area contributed by atoms with Crippen molar-refractivity contribution in [3.8, 4) is 5.75 Å². The van der Waals surface area contributed by atoms with Gasteiger partial charge < -0.3 is 15.2 Å². The maximum Gasteiger partial charge on any atom is 0.190 e. The van der Waals surface area contributed by atoms with E-state index in [1.54, 1.807) is 0 Å². The predicted octanol–water partition coefficient (Wildman–Crippen LogP) is 2.22. The number of nitrogens with zero attached hydrogens (tertiary/aromatic N) is 1. The fraction of sp³-hybridized carbons (Fsp3) is 0.364. The minimum absolute atomic E-state index is 0.0185. The highest BCUT2D eigenvalue weighted by molar-refractivity contribution is 6.28. The number of halogens is 3. The number of aliphatic imine (C=N–C) groups is 1. The lowest BCUT2D eigenvalue weighted by atomic mass is 10.3. The van der Waals surface area contributed by atoms with Crippen molar-refractivity contribution >= 4 is 23.1 Å². The molecule has 100 valence electrons. The van der Waals surface area contributed by atoms with Gasteiger partial charge in [-0.25, -0.2) is 13.8 Å². The second-order valence-electron chi connectivity index (χ2n) is 3.32. The Morgan fingerprint density at radius 2 is 1.94 bits per heavy atom. The van der Waals surface area contributed by atoms with Crippen LogP contribution in [0.5, 0.6) is 5.75 Å². The topological polar surface area (TPSA) is 56.8 Å². The first-order chi connectivity index (χ1) is 8.58. The summed E-state index contributed by atoms with van der Waals surface area (Å²) < 4.78 is 36.7. The summed E-state index contributed by atoms with van der Waals surface area (Å²) in [5, 5.41) is 0. The number of benzene rings is 1. The van der Waals surface area contributed by atoms with Crippen LogP contribution in [-0.2, 0) is 4.74 Å². The van der Waals surface area contributed by atoms with E-state index in [1.165, 1.54) is 7.11 Å². The van der Waals surface area contributed by atoms with Crippen LogP contribution in [0.2, 0.25) is 0 Å². The highest BCUT2D eigenvalue weighted by atomic mass is 35.5. The number of amidine groups is 1. The number of alkyl halides is 1. The number of rotatable bonds is 6. The maximum atomic E-state index is 13.5. The van der Waals surface area contributed by atoms with Gasteiger partial charge in [-0.2, -0.15) is 0 Å². The number of nitrogens with two attached hydrogens (primary N) is 1. The van der Waals surface area contributed by atoms with Crippen molar-refractivity contribution in [3.63, 3.8) is 0 Å². The van der Waals surface area contributed by atoms with Crippen molar-refractivity contribution in [1.29, 1.82) is 0 Å². The van der Waals surface area contributed by atoms with Gasteiger partial charge >= 0.3 is 0 Å². The van der Waals surface area contributed by atoms with Gasteiger partial charge in [-0.05, 0) is 0 Å². The zero-order chi connectivity index (χ0) is 13.5. The van der Waals surface area contributed by atoms with E-state index in [0.717, 1.165) is 12.1 Å². The molecule has 1 aromatic carbocycles. The Bertz CT molecular complexity index is 418. The summed E-state index contributed by atoms with van der Waals surface area (Å²) in [5.74, 6) is -2.12. The monoisotopic (exact) mass is 278 g/mol. The van der Waals surface area contributed by atoms with E-state index in [4.69, 9.17) is 26.8 Å². The molecule has 0 aliphatic carbocycles. The second-order valence-corrected chi connectivity index (χ2v) is 3.58. The quantitative estimate of drug-likeness (QED) is 0.376. The molecular weight excluding hydrogens is 266 g/mol. The molecule has 0 fully saturated rings. The van der Waals surface area contributed by atoms with E-state index in [2.05, 4.69) is 4.99 Å². The van der Waals surface area contributed by atoms with Crippen molar-refractivity contribution in [3.05, 3.63) is 23.8 Å². The smallest absolute Gasteiger partial charge is 0.190 e. The third-order valence-electron chi connectivity index (χ3n) is 1.93. The summed E-state index contributed by atoms with van der Waals surface area (Å²) in [6.07, 6.45) is 0. The van der Waals surface area contributed by atoms with Crippen molar-refractivity contribution in [2.75, 3.05) is 26.2 Å². The molecule has 1 aromatic rings. The van der Waals surface area contributed by atoms with Crippen molar-refractivity contribution in [2.24, 2.45) is 10.7 Å². The van der Waals surface area contributed by atoms with E-state index >= 15 is 0 Å². The van der Waals surface area contributed by atoms with Crippen LogP contribution >= 0.6 is 11.6 Å². The fourth-order valence-electron chi connectivity index (χ4n) is 1.17. The first-order valence-electron chi connectivity index (χ1n) is 5.08. The Morgan fingerprint density at radius 1 is 1.33 bits per heavy atom. The van der Waals surface area contributed by atoms with Gasteiger partial charge in [-0.15, -0.1) is 11.6 Å². The number of hydrogen-bond acceptors (Lipinski definition) is 3. The zero-order valence-corrected chi connectivity index (χ0v) is 10.5. The molecule has 0 saturated carbocycles. The Labute approximate surface area is 108 Å². The number of hydrogen-bond donors (Lipinski definition) is 1. The lowest BCUT2D eigenvalue weighted by Crippen LogP contribution is -2.12. The van der Waals surface area contributed by atoms with E-state index in [-0.39, 0.29) is 30.6 Å². The minimum atomic E-state index is -0.854. The molecule has 0 aliphatic heterocycles. The molecule has 7 heteroatoms. The van der Waals surface area contributed by atoms with Crippen LogP contribution in [-0.4, -0.2) is 32.0 Å². The van der Waals surface area contributed by atoms with E-state index in [9.17, 15) is 8.78 Å². The molecule has 0 atom stereocenters. The predicted molar refractivity (Wildman–Crippen MR) is 65.7 cm³/mol. The van der Waals surface area contributed by atoms with Gasteiger partial charge in [0.1, 0.15) is 12.4 Å². The normalized spacial score (nSPS) is 11.7. The Kier molecular flexibility index (Phi) is 5.80. The maximum absolute atomic E-state index is 13.5. The third kappa shape index (κ3) is 4.12. The van der Waals surface area contributed by atoms with Gasteiger partial charge in [0.05, 0.1) is 18.2 Å². The van der Waals surface area contributed by atoms with E-state index in [1.807, 2.05) is 0 Å². The van der Waals surface area contributed by atoms with Crippen LogP contribution in [0.15, 0.2) is 17.1 Å². The standard InChI is InChI=1S/C11H13ClF2N2O2/c1-17-2-3-18-11-8(13)4-7(5-9(11)14)16-10(15)6-12/h4-5H,2-3,6H2,1H3,(H2,15,16). The zero-order valence-electron chi connectivity index (χ0n) is 9.75. The SMILES string of the molecule is COCCOc1c(F)cc(N=C(N)CCl)cc1F. The molecule has 0 amide bonds.